The van der Waals surface area contributed by atoms with E-state index in [-0.39, 0.29) is 22.7 Å². The molecular formula is C20H23N3O4S. The van der Waals surface area contributed by atoms with Crippen LogP contribution in [-0.4, -0.2) is 48.7 Å². The Kier molecular flexibility index (Phi) is 4.95. The Hall–Kier alpha value is -2.29. The lowest BCUT2D eigenvalue weighted by Gasteiger charge is -2.41. The molecular weight excluding hydrogens is 378 g/mol. The van der Waals surface area contributed by atoms with Crippen molar-refractivity contribution in [1.82, 2.24) is 9.21 Å². The van der Waals surface area contributed by atoms with E-state index < -0.39 is 14.9 Å². The van der Waals surface area contributed by atoms with Gasteiger partial charge in [0, 0.05) is 24.7 Å². The van der Waals surface area contributed by atoms with Crippen molar-refractivity contribution in [3.05, 3.63) is 69.8 Å². The van der Waals surface area contributed by atoms with Crippen LogP contribution >= 0.6 is 0 Å². The van der Waals surface area contributed by atoms with Gasteiger partial charge in [0.25, 0.3) is 5.69 Å². The molecule has 0 bridgehead atoms. The molecule has 8 heteroatoms. The molecule has 0 aromatic heterocycles. The molecule has 0 radical (unpaired) electrons. The highest BCUT2D eigenvalue weighted by atomic mass is 32.2. The highest BCUT2D eigenvalue weighted by Gasteiger charge is 2.43. The number of likely N-dealkylation sites (tertiary alicyclic amines) is 1. The second-order valence-electron chi connectivity index (χ2n) is 7.45. The first kappa shape index (κ1) is 19.0. The third-order valence-corrected chi connectivity index (χ3v) is 7.78. The number of nitro groups is 1. The third kappa shape index (κ3) is 3.21. The van der Waals surface area contributed by atoms with Gasteiger partial charge in [0.1, 0.15) is 0 Å². The van der Waals surface area contributed by atoms with Crippen LogP contribution in [0.25, 0.3) is 0 Å². The summed E-state index contributed by atoms with van der Waals surface area (Å²) in [5.74, 6) is 0. The summed E-state index contributed by atoms with van der Waals surface area (Å²) >= 11 is 0. The van der Waals surface area contributed by atoms with Crippen molar-refractivity contribution in [1.29, 1.82) is 0 Å². The minimum atomic E-state index is -3.77. The van der Waals surface area contributed by atoms with Crippen LogP contribution in [0.3, 0.4) is 0 Å². The average Bonchev–Trinajstić information content (AvgIpc) is 3.12. The van der Waals surface area contributed by atoms with Crippen LogP contribution in [0.5, 0.6) is 0 Å². The first-order chi connectivity index (χ1) is 13.4. The van der Waals surface area contributed by atoms with E-state index in [1.807, 2.05) is 25.2 Å². The zero-order valence-electron chi connectivity index (χ0n) is 15.7. The normalized spacial score (nSPS) is 23.5. The first-order valence-corrected chi connectivity index (χ1v) is 10.9. The number of nitrogens with zero attached hydrogens (tertiary/aromatic N) is 3. The van der Waals surface area contributed by atoms with Crippen LogP contribution in [0.15, 0.2) is 53.4 Å². The number of hydrogen-bond acceptors (Lipinski definition) is 5. The Labute approximate surface area is 164 Å². The van der Waals surface area contributed by atoms with Gasteiger partial charge >= 0.3 is 0 Å². The second kappa shape index (κ2) is 7.27. The molecule has 4 rings (SSSR count). The molecule has 148 valence electrons. The number of benzene rings is 2. The molecule has 0 spiro atoms. The van der Waals surface area contributed by atoms with Gasteiger partial charge in [-0.05, 0) is 56.1 Å². The van der Waals surface area contributed by atoms with Gasteiger partial charge in [0.15, 0.2) is 0 Å². The van der Waals surface area contributed by atoms with E-state index in [0.717, 1.165) is 24.9 Å². The second-order valence-corrected chi connectivity index (χ2v) is 9.34. The Balaban J connectivity index is 1.77. The third-order valence-electron chi connectivity index (χ3n) is 5.88. The summed E-state index contributed by atoms with van der Waals surface area (Å²) in [6.07, 6.45) is 2.66. The zero-order valence-corrected chi connectivity index (χ0v) is 16.5. The minimum absolute atomic E-state index is 0.100. The van der Waals surface area contributed by atoms with E-state index >= 15 is 0 Å². The number of nitro benzene ring substituents is 1. The van der Waals surface area contributed by atoms with Gasteiger partial charge in [-0.2, -0.15) is 4.31 Å². The summed E-state index contributed by atoms with van der Waals surface area (Å²) in [5.41, 5.74) is 2.15. The van der Waals surface area contributed by atoms with Gasteiger partial charge in [-0.3, -0.25) is 10.1 Å². The van der Waals surface area contributed by atoms with Gasteiger partial charge < -0.3 is 4.90 Å². The number of rotatable bonds is 4. The average molecular weight is 401 g/mol. The summed E-state index contributed by atoms with van der Waals surface area (Å²) in [5, 5.41) is 10.9. The fourth-order valence-electron chi connectivity index (χ4n) is 4.45. The lowest BCUT2D eigenvalue weighted by atomic mass is 9.89. The molecule has 2 unspecified atom stereocenters. The van der Waals surface area contributed by atoms with Crippen molar-refractivity contribution >= 4 is 15.7 Å². The molecule has 0 N–H and O–H groups in total. The van der Waals surface area contributed by atoms with Gasteiger partial charge in [-0.25, -0.2) is 8.42 Å². The van der Waals surface area contributed by atoms with Crippen molar-refractivity contribution < 1.29 is 13.3 Å². The number of sulfonamides is 1. The molecule has 2 atom stereocenters. The summed E-state index contributed by atoms with van der Waals surface area (Å²) in [7, 11) is -1.73. The maximum Gasteiger partial charge on any atom is 0.269 e. The molecule has 2 aliphatic rings. The van der Waals surface area contributed by atoms with Gasteiger partial charge in [0.05, 0.1) is 15.9 Å². The predicted octanol–water partition coefficient (Wildman–Crippen LogP) is 2.98. The van der Waals surface area contributed by atoms with Crippen LogP contribution in [0.4, 0.5) is 5.69 Å². The van der Waals surface area contributed by atoms with Gasteiger partial charge in [-0.1, -0.05) is 24.3 Å². The van der Waals surface area contributed by atoms with E-state index in [1.54, 1.807) is 4.31 Å². The molecule has 1 saturated heterocycles. The first-order valence-electron chi connectivity index (χ1n) is 9.44. The largest absolute Gasteiger partial charge is 0.301 e. The topological polar surface area (TPSA) is 83.8 Å². The Morgan fingerprint density at radius 3 is 2.43 bits per heavy atom. The summed E-state index contributed by atoms with van der Waals surface area (Å²) < 4.78 is 28.6. The molecule has 2 aromatic carbocycles. The number of hydrogen-bond donors (Lipinski definition) is 0. The minimum Gasteiger partial charge on any atom is -0.301 e. The quantitative estimate of drug-likeness (QED) is 0.581. The zero-order chi connectivity index (χ0) is 19.9. The van der Waals surface area contributed by atoms with Crippen LogP contribution in [0.1, 0.15) is 30.0 Å². The van der Waals surface area contributed by atoms with Crippen LogP contribution in [0, 0.1) is 10.1 Å². The van der Waals surface area contributed by atoms with Crippen molar-refractivity contribution in [2.24, 2.45) is 0 Å². The lowest BCUT2D eigenvalue weighted by molar-refractivity contribution is -0.384. The number of non-ortho nitro benzene ring substituents is 1. The fourth-order valence-corrected chi connectivity index (χ4v) is 6.09. The maximum absolute atomic E-state index is 13.5. The molecule has 1 fully saturated rings. The molecule has 0 amide bonds. The smallest absolute Gasteiger partial charge is 0.269 e. The Morgan fingerprint density at radius 1 is 1.07 bits per heavy atom. The molecule has 0 saturated carbocycles. The molecule has 2 heterocycles. The van der Waals surface area contributed by atoms with Gasteiger partial charge in [0.2, 0.25) is 10.0 Å². The molecule has 2 aromatic rings. The Bertz CT molecular complexity index is 991. The summed E-state index contributed by atoms with van der Waals surface area (Å²) in [6.45, 7) is 1.36. The van der Waals surface area contributed by atoms with Gasteiger partial charge in [-0.15, -0.1) is 0 Å². The number of likely N-dealkylation sites (N-methyl/N-ethyl adjacent to an activating group) is 1. The van der Waals surface area contributed by atoms with E-state index in [4.69, 9.17) is 0 Å². The standard InChI is InChI=1S/C20H23N3O4S/c1-21-13-4-7-19(21)20-18-6-3-2-5-15(18)12-14-22(20)28(26,27)17-10-8-16(9-11-17)23(24)25/h2-3,5-6,8-11,19-20H,4,7,12-14H2,1H3. The predicted molar refractivity (Wildman–Crippen MR) is 106 cm³/mol. The van der Waals surface area contributed by atoms with Crippen molar-refractivity contribution in [2.75, 3.05) is 20.1 Å². The van der Waals surface area contributed by atoms with E-state index in [0.29, 0.717) is 13.0 Å². The fraction of sp³-hybridized carbons (Fsp3) is 0.400. The van der Waals surface area contributed by atoms with Crippen LogP contribution in [0.2, 0.25) is 0 Å². The van der Waals surface area contributed by atoms with E-state index in [2.05, 4.69) is 11.0 Å². The number of fused-ring (bicyclic) bond motifs is 1. The monoisotopic (exact) mass is 401 g/mol. The lowest BCUT2D eigenvalue weighted by Crippen LogP contribution is -2.48. The van der Waals surface area contributed by atoms with E-state index in [9.17, 15) is 18.5 Å². The maximum atomic E-state index is 13.5. The molecule has 28 heavy (non-hydrogen) atoms. The Morgan fingerprint density at radius 2 is 1.79 bits per heavy atom. The highest BCUT2D eigenvalue weighted by molar-refractivity contribution is 7.89. The van der Waals surface area contributed by atoms with E-state index in [1.165, 1.54) is 29.8 Å². The van der Waals surface area contributed by atoms with Crippen molar-refractivity contribution in [3.63, 3.8) is 0 Å². The molecule has 0 aliphatic carbocycles. The van der Waals surface area contributed by atoms with Crippen LogP contribution in [-0.2, 0) is 16.4 Å². The summed E-state index contributed by atoms with van der Waals surface area (Å²) in [6, 6.07) is 13.1. The van der Waals surface area contributed by atoms with Crippen molar-refractivity contribution in [2.45, 2.75) is 36.2 Å². The molecule has 7 nitrogen and oxygen atoms in total. The SMILES string of the molecule is CN1CCCC1C1c2ccccc2CCN1S(=O)(=O)c1ccc([N+](=O)[O-])cc1. The molecule has 2 aliphatic heterocycles. The van der Waals surface area contributed by atoms with Crippen molar-refractivity contribution in [3.8, 4) is 0 Å². The van der Waals surface area contributed by atoms with Crippen LogP contribution < -0.4 is 0 Å². The highest BCUT2D eigenvalue weighted by Crippen LogP contribution is 2.40. The summed E-state index contributed by atoms with van der Waals surface area (Å²) in [4.78, 5) is 12.7.